The standard InChI is InChI=1S/C17H20Si/c1-4-17(2,3)18(15-11-7-5-8-12-15)16-13-9-6-10-14-16/h4-14,18H,1H2,2-3H3. The van der Waals surface area contributed by atoms with Crippen molar-refractivity contribution < 1.29 is 0 Å². The van der Waals surface area contributed by atoms with Gasteiger partial charge in [-0.1, -0.05) is 91.0 Å². The summed E-state index contributed by atoms with van der Waals surface area (Å²) in [6, 6.07) is 21.8. The molecule has 0 bridgehead atoms. The second kappa shape index (κ2) is 5.36. The molecule has 0 aliphatic carbocycles. The van der Waals surface area contributed by atoms with E-state index in [1.54, 1.807) is 0 Å². The normalized spacial score (nSPS) is 11.5. The molecule has 0 heterocycles. The third kappa shape index (κ3) is 2.62. The summed E-state index contributed by atoms with van der Waals surface area (Å²) < 4.78 is 0. The van der Waals surface area contributed by atoms with E-state index in [2.05, 4.69) is 87.2 Å². The fourth-order valence-electron chi connectivity index (χ4n) is 2.46. The maximum Gasteiger partial charge on any atom is 0.112 e. The molecule has 0 saturated carbocycles. The van der Waals surface area contributed by atoms with Crippen molar-refractivity contribution in [2.75, 3.05) is 0 Å². The summed E-state index contributed by atoms with van der Waals surface area (Å²) in [6.07, 6.45) is 2.11. The molecule has 0 radical (unpaired) electrons. The maximum atomic E-state index is 4.04. The summed E-state index contributed by atoms with van der Waals surface area (Å²) in [5, 5.41) is 3.13. The van der Waals surface area contributed by atoms with Crippen molar-refractivity contribution in [3.8, 4) is 0 Å². The van der Waals surface area contributed by atoms with Crippen molar-refractivity contribution in [1.29, 1.82) is 0 Å². The van der Waals surface area contributed by atoms with Gasteiger partial charge in [0.25, 0.3) is 0 Å². The highest BCUT2D eigenvalue weighted by Crippen LogP contribution is 2.29. The average Bonchev–Trinajstić information content (AvgIpc) is 2.41. The Morgan fingerprint density at radius 3 is 1.56 bits per heavy atom. The van der Waals surface area contributed by atoms with E-state index in [1.807, 2.05) is 0 Å². The van der Waals surface area contributed by atoms with Crippen molar-refractivity contribution in [3.63, 3.8) is 0 Å². The van der Waals surface area contributed by atoms with E-state index in [9.17, 15) is 0 Å². The molecule has 1 heteroatoms. The van der Waals surface area contributed by atoms with Crippen LogP contribution in [0.2, 0.25) is 5.04 Å². The van der Waals surface area contributed by atoms with Crippen LogP contribution in [0.4, 0.5) is 0 Å². The van der Waals surface area contributed by atoms with Crippen LogP contribution in [0, 0.1) is 0 Å². The quantitative estimate of drug-likeness (QED) is 0.580. The smallest absolute Gasteiger partial charge is 0.103 e. The van der Waals surface area contributed by atoms with Crippen molar-refractivity contribution in [2.24, 2.45) is 0 Å². The summed E-state index contributed by atoms with van der Waals surface area (Å²) >= 11 is 0. The molecule has 2 rings (SSSR count). The number of rotatable bonds is 4. The molecule has 0 aromatic heterocycles. The lowest BCUT2D eigenvalue weighted by Gasteiger charge is -2.31. The second-order valence-corrected chi connectivity index (χ2v) is 8.97. The van der Waals surface area contributed by atoms with Gasteiger partial charge in [-0.05, 0) is 5.04 Å². The van der Waals surface area contributed by atoms with Crippen LogP contribution in [-0.2, 0) is 0 Å². The highest BCUT2D eigenvalue weighted by molar-refractivity contribution is 6.87. The van der Waals surface area contributed by atoms with Crippen LogP contribution in [0.1, 0.15) is 13.8 Å². The zero-order valence-corrected chi connectivity index (χ0v) is 12.3. The third-order valence-electron chi connectivity index (χ3n) is 3.54. The first-order valence-corrected chi connectivity index (χ1v) is 8.12. The van der Waals surface area contributed by atoms with Crippen molar-refractivity contribution in [3.05, 3.63) is 73.3 Å². The van der Waals surface area contributed by atoms with Gasteiger partial charge in [0.1, 0.15) is 8.80 Å². The second-order valence-electron chi connectivity index (χ2n) is 5.28. The molecule has 0 fully saturated rings. The van der Waals surface area contributed by atoms with E-state index in [1.165, 1.54) is 10.4 Å². The van der Waals surface area contributed by atoms with Crippen molar-refractivity contribution in [1.82, 2.24) is 0 Å². The van der Waals surface area contributed by atoms with Gasteiger partial charge in [0.15, 0.2) is 0 Å². The Hall–Kier alpha value is -1.60. The van der Waals surface area contributed by atoms with Gasteiger partial charge in [-0.3, -0.25) is 0 Å². The fraction of sp³-hybridized carbons (Fsp3) is 0.176. The first kappa shape index (κ1) is 12.8. The summed E-state index contributed by atoms with van der Waals surface area (Å²) in [7, 11) is -1.28. The average molecular weight is 252 g/mol. The summed E-state index contributed by atoms with van der Waals surface area (Å²) in [5.41, 5.74) is 0. The molecule has 0 aliphatic heterocycles. The molecule has 2 aromatic carbocycles. The molecular formula is C17H20Si. The molecule has 0 amide bonds. The molecule has 18 heavy (non-hydrogen) atoms. The number of hydrogen-bond donors (Lipinski definition) is 0. The minimum atomic E-state index is -1.28. The molecule has 0 aliphatic rings. The van der Waals surface area contributed by atoms with Crippen LogP contribution >= 0.6 is 0 Å². The Morgan fingerprint density at radius 1 is 0.833 bits per heavy atom. The van der Waals surface area contributed by atoms with E-state index in [4.69, 9.17) is 0 Å². The van der Waals surface area contributed by atoms with Gasteiger partial charge in [0.05, 0.1) is 0 Å². The van der Waals surface area contributed by atoms with E-state index in [0.717, 1.165) is 0 Å². The van der Waals surface area contributed by atoms with Gasteiger partial charge >= 0.3 is 0 Å². The lowest BCUT2D eigenvalue weighted by Crippen LogP contribution is -2.49. The predicted molar refractivity (Wildman–Crippen MR) is 83.5 cm³/mol. The molecule has 0 unspecified atom stereocenters. The predicted octanol–water partition coefficient (Wildman–Crippen LogP) is 2.99. The first-order chi connectivity index (χ1) is 8.65. The number of hydrogen-bond acceptors (Lipinski definition) is 0. The van der Waals surface area contributed by atoms with Crippen LogP contribution in [0.5, 0.6) is 0 Å². The topological polar surface area (TPSA) is 0 Å². The van der Waals surface area contributed by atoms with Crippen LogP contribution in [-0.4, -0.2) is 8.80 Å². The van der Waals surface area contributed by atoms with Gasteiger partial charge < -0.3 is 0 Å². The minimum absolute atomic E-state index is 0.169. The monoisotopic (exact) mass is 252 g/mol. The lowest BCUT2D eigenvalue weighted by atomic mass is 10.2. The van der Waals surface area contributed by atoms with E-state index < -0.39 is 8.80 Å². The van der Waals surface area contributed by atoms with Crippen LogP contribution in [0.15, 0.2) is 73.3 Å². The van der Waals surface area contributed by atoms with E-state index in [-0.39, 0.29) is 5.04 Å². The van der Waals surface area contributed by atoms with Crippen LogP contribution in [0.25, 0.3) is 0 Å². The van der Waals surface area contributed by atoms with Gasteiger partial charge in [-0.15, -0.1) is 6.58 Å². The lowest BCUT2D eigenvalue weighted by molar-refractivity contribution is 0.845. The zero-order chi connectivity index (χ0) is 13.0. The number of allylic oxidation sites excluding steroid dienone is 1. The SMILES string of the molecule is C=CC(C)(C)[SiH](c1ccccc1)c1ccccc1. The Morgan fingerprint density at radius 2 is 1.22 bits per heavy atom. The largest absolute Gasteiger partial charge is 0.112 e. The van der Waals surface area contributed by atoms with E-state index >= 15 is 0 Å². The minimum Gasteiger partial charge on any atom is -0.103 e. The molecule has 0 nitrogen and oxygen atoms in total. The fourth-order valence-corrected chi connectivity index (χ4v) is 6.01. The third-order valence-corrected chi connectivity index (χ3v) is 7.36. The van der Waals surface area contributed by atoms with Crippen LogP contribution in [0.3, 0.4) is 0 Å². The summed E-state index contributed by atoms with van der Waals surface area (Å²) in [5.74, 6) is 0. The van der Waals surface area contributed by atoms with Gasteiger partial charge in [0.2, 0.25) is 0 Å². The molecule has 2 aromatic rings. The highest BCUT2D eigenvalue weighted by atomic mass is 28.3. The molecule has 0 saturated heterocycles. The Balaban J connectivity index is 2.52. The Kier molecular flexibility index (Phi) is 3.83. The van der Waals surface area contributed by atoms with Gasteiger partial charge in [0, 0.05) is 0 Å². The van der Waals surface area contributed by atoms with Crippen molar-refractivity contribution in [2.45, 2.75) is 18.9 Å². The summed E-state index contributed by atoms with van der Waals surface area (Å²) in [6.45, 7) is 8.64. The maximum absolute atomic E-state index is 4.04. The van der Waals surface area contributed by atoms with Crippen LogP contribution < -0.4 is 10.4 Å². The molecule has 0 spiro atoms. The highest BCUT2D eigenvalue weighted by Gasteiger charge is 2.30. The zero-order valence-electron chi connectivity index (χ0n) is 11.1. The van der Waals surface area contributed by atoms with Gasteiger partial charge in [-0.25, -0.2) is 0 Å². The molecule has 92 valence electrons. The summed E-state index contributed by atoms with van der Waals surface area (Å²) in [4.78, 5) is 0. The molecule has 0 atom stereocenters. The molecular weight excluding hydrogens is 232 g/mol. The van der Waals surface area contributed by atoms with E-state index in [0.29, 0.717) is 0 Å². The van der Waals surface area contributed by atoms with Gasteiger partial charge in [-0.2, -0.15) is 0 Å². The number of benzene rings is 2. The Labute approximate surface area is 112 Å². The first-order valence-electron chi connectivity index (χ1n) is 6.38. The Bertz CT molecular complexity index is 460. The van der Waals surface area contributed by atoms with Crippen molar-refractivity contribution >= 4 is 19.2 Å². The molecule has 0 N–H and O–H groups in total.